The standard InChI is InChI=1S/C73H111N7O11S3/c1-10-11-12-13-14-15-16-17-18-19-20-21-22-39-67(83)94-50-62(77-66(82)47-75-73(89)91-48-59-57-36-25-23-34-55(57)56-35-24-26-37-58(56)59)69(85)78-60(41-43-92-9)68(84)74-46-65(81)76-61(45-52(4)5)71(87)80-42-29-38-64(80)70(86)79-63(72(88)90-8)49-93-44-40-54(7)33-28-32-53(6)31-27-30-51(2)3/h23-26,30,32,34-37,40,52,59-64H,10-22,27-29,31,33,38-39,41-50H2,1-9H3,(H,74,84)(H,75,89)(H,76,81)(H,77,82)(H,78,85)(H,79,86)/b53-32+,54-40+/t60-,61-,62-,63-,64-/m0/s1. The van der Waals surface area contributed by atoms with Gasteiger partial charge in [-0.05, 0) is 126 Å². The molecule has 0 bridgehead atoms. The quantitative estimate of drug-likeness (QED) is 0.0205. The third-order valence-electron chi connectivity index (χ3n) is 16.9. The van der Waals surface area contributed by atoms with Crippen molar-refractivity contribution in [3.8, 4) is 11.1 Å². The normalized spacial score (nSPS) is 15.0. The van der Waals surface area contributed by atoms with Gasteiger partial charge in [0, 0.05) is 36.1 Å². The van der Waals surface area contributed by atoms with Crippen LogP contribution >= 0.6 is 35.3 Å². The molecule has 1 saturated heterocycles. The Kier molecular flexibility index (Phi) is 39.5. The maximum Gasteiger partial charge on any atom is 0.407 e. The zero-order valence-electron chi connectivity index (χ0n) is 57.8. The number of nitrogens with one attached hydrogen (secondary N) is 6. The van der Waals surface area contributed by atoms with E-state index in [2.05, 4.69) is 84.7 Å². The minimum absolute atomic E-state index is 0.0259. The summed E-state index contributed by atoms with van der Waals surface area (Å²) in [6.45, 7) is 13.7. The smallest absolute Gasteiger partial charge is 0.407 e. The predicted octanol–water partition coefficient (Wildman–Crippen LogP) is 12.4. The number of benzene rings is 2. The van der Waals surface area contributed by atoms with Gasteiger partial charge in [-0.25, -0.2) is 9.59 Å². The van der Waals surface area contributed by atoms with E-state index in [0.29, 0.717) is 37.2 Å². The number of carbonyl (C=O) groups is 9. The number of esters is 1. The van der Waals surface area contributed by atoms with Gasteiger partial charge in [0.25, 0.3) is 0 Å². The maximum absolute atomic E-state index is 14.4. The molecule has 0 radical (unpaired) electrons. The Bertz CT molecular complexity index is 2780. The van der Waals surface area contributed by atoms with Gasteiger partial charge in [0.2, 0.25) is 35.4 Å². The molecule has 1 heterocycles. The van der Waals surface area contributed by atoms with E-state index in [0.717, 1.165) is 79.0 Å². The lowest BCUT2D eigenvalue weighted by Gasteiger charge is -2.30. The van der Waals surface area contributed by atoms with Gasteiger partial charge in [0.1, 0.15) is 43.4 Å². The fourth-order valence-electron chi connectivity index (χ4n) is 11.6. The maximum atomic E-state index is 14.4. The van der Waals surface area contributed by atoms with Crippen LogP contribution in [0.1, 0.15) is 207 Å². The average Bonchev–Trinajstić information content (AvgIpc) is 1.62. The molecule has 4 rings (SSSR count). The number of nitrogens with zero attached hydrogens (tertiary/aromatic N) is 1. The fourth-order valence-corrected chi connectivity index (χ4v) is 13.9. The molecule has 18 nitrogen and oxygen atoms in total. The fraction of sp³-hybridized carbons (Fsp3) is 0.630. The molecule has 21 heteroatoms. The summed E-state index contributed by atoms with van der Waals surface area (Å²) in [5.41, 5.74) is 8.10. The Balaban J connectivity index is 1.34. The van der Waals surface area contributed by atoms with Crippen LogP contribution in [0.3, 0.4) is 0 Å². The zero-order chi connectivity index (χ0) is 68.6. The van der Waals surface area contributed by atoms with Crippen molar-refractivity contribution in [1.82, 2.24) is 36.8 Å². The molecule has 1 aliphatic carbocycles. The second kappa shape index (κ2) is 46.2. The molecule has 1 fully saturated rings. The highest BCUT2D eigenvalue weighted by Crippen LogP contribution is 2.44. The largest absolute Gasteiger partial charge is 0.467 e. The lowest BCUT2D eigenvalue weighted by molar-refractivity contribution is -0.146. The van der Waals surface area contributed by atoms with Crippen LogP contribution in [0.2, 0.25) is 0 Å². The van der Waals surface area contributed by atoms with Crippen molar-refractivity contribution in [3.63, 3.8) is 0 Å². The summed E-state index contributed by atoms with van der Waals surface area (Å²) in [5.74, 6) is -3.51. The number of carbonyl (C=O) groups excluding carboxylic acids is 9. The molecule has 0 saturated carbocycles. The van der Waals surface area contributed by atoms with Crippen molar-refractivity contribution in [2.75, 3.05) is 62.6 Å². The minimum atomic E-state index is -1.30. The van der Waals surface area contributed by atoms with E-state index >= 15 is 0 Å². The van der Waals surface area contributed by atoms with Crippen LogP contribution in [0.15, 0.2) is 83.5 Å². The molecule has 0 unspecified atom stereocenters. The first-order valence-electron chi connectivity index (χ1n) is 34.4. The van der Waals surface area contributed by atoms with Crippen LogP contribution in [-0.2, 0) is 47.8 Å². The number of amides is 7. The number of alkyl carbamates (subject to hydrolysis) is 1. The van der Waals surface area contributed by atoms with Crippen LogP contribution in [0.5, 0.6) is 0 Å². The molecule has 0 aromatic heterocycles. The van der Waals surface area contributed by atoms with E-state index in [1.54, 1.807) is 0 Å². The molecule has 2 aliphatic rings. The van der Waals surface area contributed by atoms with Gasteiger partial charge >= 0.3 is 12.1 Å². The first-order chi connectivity index (χ1) is 45.3. The van der Waals surface area contributed by atoms with Crippen LogP contribution in [0.4, 0.5) is 4.79 Å². The first-order valence-corrected chi connectivity index (χ1v) is 37.9. The topological polar surface area (TPSA) is 248 Å². The number of hydrogen-bond donors (Lipinski definition) is 6. The highest BCUT2D eigenvalue weighted by Gasteiger charge is 2.40. The summed E-state index contributed by atoms with van der Waals surface area (Å²) < 4.78 is 10.7. The Hall–Kier alpha value is -6.06. The molecule has 1 aliphatic heterocycles. The summed E-state index contributed by atoms with van der Waals surface area (Å²) in [6, 6.07) is 10.5. The van der Waals surface area contributed by atoms with Crippen LogP contribution in [0, 0.1) is 5.92 Å². The number of rotatable bonds is 46. The third kappa shape index (κ3) is 30.8. The lowest BCUT2D eigenvalue weighted by Crippen LogP contribution is -2.57. The Morgan fingerprint density at radius 1 is 0.638 bits per heavy atom. The third-order valence-corrected chi connectivity index (χ3v) is 19.5. The monoisotopic (exact) mass is 1360 g/mol. The number of methoxy groups -OCH3 is 1. The summed E-state index contributed by atoms with van der Waals surface area (Å²) in [6.07, 6.45) is 28.3. The summed E-state index contributed by atoms with van der Waals surface area (Å²) in [4.78, 5) is 125. The number of ether oxygens (including phenoxy) is 2. The van der Waals surface area contributed by atoms with Crippen LogP contribution < -0.4 is 31.9 Å². The summed E-state index contributed by atoms with van der Waals surface area (Å²) >= 11 is 3.84. The molecule has 7 amide bonds. The molecule has 2 aromatic carbocycles. The molecule has 6 N–H and O–H groups in total. The van der Waals surface area contributed by atoms with Gasteiger partial charge in [0.15, 0.2) is 5.12 Å². The molecule has 94 heavy (non-hydrogen) atoms. The van der Waals surface area contributed by atoms with E-state index in [-0.39, 0.29) is 54.5 Å². The number of fused-ring (bicyclic) bond motifs is 3. The number of unbranched alkanes of at least 4 members (excludes halogenated alkanes) is 12. The SMILES string of the molecule is CCCCCCCCCCCCCCCC(=O)SC[C@H](NC(=O)CNC(=O)OCC1c2ccccc2-c2ccccc21)C(=O)N[C@@H](CCSC)C(=O)NCC(=O)N[C@@H](CC(C)C)C(=O)N1CCC[C@H]1C(=O)N[C@@H](CSC/C=C(\C)CC/C=C(\C)CCC=C(C)C)C(=O)OC. The number of thioether (sulfide) groups is 3. The van der Waals surface area contributed by atoms with Gasteiger partial charge < -0.3 is 46.3 Å². The Morgan fingerprint density at radius 3 is 1.81 bits per heavy atom. The predicted molar refractivity (Wildman–Crippen MR) is 384 cm³/mol. The lowest BCUT2D eigenvalue weighted by atomic mass is 9.98. The second-order valence-corrected chi connectivity index (χ2v) is 28.7. The summed E-state index contributed by atoms with van der Waals surface area (Å²) in [7, 11) is 1.27. The Labute approximate surface area is 574 Å². The van der Waals surface area contributed by atoms with Gasteiger partial charge in [-0.1, -0.05) is 193 Å². The minimum Gasteiger partial charge on any atom is -0.467 e. The number of hydrogen-bond acceptors (Lipinski definition) is 14. The molecule has 5 atom stereocenters. The van der Waals surface area contributed by atoms with E-state index in [1.807, 2.05) is 68.6 Å². The van der Waals surface area contributed by atoms with Crippen molar-refractivity contribution in [3.05, 3.63) is 94.6 Å². The van der Waals surface area contributed by atoms with Crippen molar-refractivity contribution >= 4 is 87.9 Å². The van der Waals surface area contributed by atoms with E-state index in [1.165, 1.54) is 110 Å². The molecular weight excluding hydrogens is 1250 g/mol. The van der Waals surface area contributed by atoms with Crippen molar-refractivity contribution in [2.45, 2.75) is 226 Å². The first kappa shape index (κ1) is 80.4. The van der Waals surface area contributed by atoms with E-state index < -0.39 is 90.8 Å². The van der Waals surface area contributed by atoms with Crippen molar-refractivity contribution in [2.24, 2.45) is 5.92 Å². The molecule has 522 valence electrons. The zero-order valence-corrected chi connectivity index (χ0v) is 60.2. The van der Waals surface area contributed by atoms with Gasteiger partial charge in [-0.3, -0.25) is 33.6 Å². The number of likely N-dealkylation sites (tertiary alicyclic amines) is 1. The van der Waals surface area contributed by atoms with Gasteiger partial charge in [-0.15, -0.1) is 0 Å². The Morgan fingerprint density at radius 2 is 1.21 bits per heavy atom. The van der Waals surface area contributed by atoms with E-state index in [4.69, 9.17) is 9.47 Å². The highest BCUT2D eigenvalue weighted by atomic mass is 32.2. The highest BCUT2D eigenvalue weighted by molar-refractivity contribution is 8.13. The van der Waals surface area contributed by atoms with E-state index in [9.17, 15) is 43.2 Å². The second-order valence-electron chi connectivity index (χ2n) is 25.6. The van der Waals surface area contributed by atoms with Crippen molar-refractivity contribution < 1.29 is 52.6 Å². The van der Waals surface area contributed by atoms with Gasteiger partial charge in [0.05, 0.1) is 13.7 Å². The van der Waals surface area contributed by atoms with Crippen LogP contribution in [0.25, 0.3) is 11.1 Å². The van der Waals surface area contributed by atoms with Crippen molar-refractivity contribution in [1.29, 1.82) is 0 Å². The number of allylic oxidation sites excluding steroid dienone is 5. The average molecular weight is 1360 g/mol. The molecule has 2 aromatic rings. The summed E-state index contributed by atoms with van der Waals surface area (Å²) in [5, 5.41) is 16.0. The molecule has 0 spiro atoms. The molecular formula is C73H111N7O11S3. The van der Waals surface area contributed by atoms with Crippen LogP contribution in [-0.4, -0.2) is 150 Å². The van der Waals surface area contributed by atoms with Gasteiger partial charge in [-0.2, -0.15) is 23.5 Å².